The van der Waals surface area contributed by atoms with Crippen molar-refractivity contribution in [3.05, 3.63) is 46.2 Å². The molecule has 1 fully saturated rings. The number of ketones is 1. The Kier molecular flexibility index (Phi) is 5.38. The van der Waals surface area contributed by atoms with Gasteiger partial charge in [-0.25, -0.2) is 0 Å². The number of amides is 1. The summed E-state index contributed by atoms with van der Waals surface area (Å²) >= 11 is 1.48. The topological polar surface area (TPSA) is 55.8 Å². The summed E-state index contributed by atoms with van der Waals surface area (Å²) in [5.41, 5.74) is 0.440. The third-order valence-corrected chi connectivity index (χ3v) is 5.44. The number of likely N-dealkylation sites (tertiary alicyclic amines) is 1. The van der Waals surface area contributed by atoms with Crippen LogP contribution in [0.2, 0.25) is 0 Å². The first-order chi connectivity index (χ1) is 12.2. The van der Waals surface area contributed by atoms with Gasteiger partial charge in [0.25, 0.3) is 5.91 Å². The van der Waals surface area contributed by atoms with Crippen molar-refractivity contribution < 1.29 is 19.1 Å². The molecule has 0 unspecified atom stereocenters. The zero-order valence-electron chi connectivity index (χ0n) is 14.4. The summed E-state index contributed by atoms with van der Waals surface area (Å²) in [5, 5.41) is 1.92. The molecule has 132 valence electrons. The van der Waals surface area contributed by atoms with Crippen LogP contribution >= 0.6 is 11.3 Å². The number of ether oxygens (including phenoxy) is 2. The molecule has 1 amide bonds. The van der Waals surface area contributed by atoms with Crippen LogP contribution in [0, 0.1) is 5.92 Å². The Morgan fingerprint density at radius 1 is 1.04 bits per heavy atom. The van der Waals surface area contributed by atoms with Gasteiger partial charge in [-0.15, -0.1) is 11.3 Å². The Morgan fingerprint density at radius 3 is 2.20 bits per heavy atom. The molecule has 6 heteroatoms. The Bertz CT molecular complexity index is 727. The molecule has 0 spiro atoms. The lowest BCUT2D eigenvalue weighted by molar-refractivity contribution is 0.0645. The number of methoxy groups -OCH3 is 2. The number of carbonyl (C=O) groups excluding carboxylic acids is 2. The van der Waals surface area contributed by atoms with Crippen molar-refractivity contribution in [2.24, 2.45) is 5.92 Å². The second-order valence-electron chi connectivity index (χ2n) is 5.95. The average Bonchev–Trinajstić information content (AvgIpc) is 3.21. The van der Waals surface area contributed by atoms with E-state index in [9.17, 15) is 9.59 Å². The quantitative estimate of drug-likeness (QED) is 0.767. The fourth-order valence-electron chi connectivity index (χ4n) is 3.18. The van der Waals surface area contributed by atoms with Crippen LogP contribution in [0.3, 0.4) is 0 Å². The van der Waals surface area contributed by atoms with Crippen molar-refractivity contribution in [1.82, 2.24) is 4.90 Å². The Morgan fingerprint density at radius 2 is 1.68 bits per heavy atom. The molecule has 2 heterocycles. The number of nitrogens with zero attached hydrogens (tertiary/aromatic N) is 1. The summed E-state index contributed by atoms with van der Waals surface area (Å²) in [7, 11) is 3.08. The van der Waals surface area contributed by atoms with Crippen LogP contribution in [-0.2, 0) is 0 Å². The van der Waals surface area contributed by atoms with Gasteiger partial charge >= 0.3 is 0 Å². The van der Waals surface area contributed by atoms with Crippen LogP contribution < -0.4 is 9.47 Å². The molecule has 1 saturated heterocycles. The van der Waals surface area contributed by atoms with E-state index in [-0.39, 0.29) is 17.6 Å². The number of hydrogen-bond donors (Lipinski definition) is 0. The van der Waals surface area contributed by atoms with Gasteiger partial charge in [-0.3, -0.25) is 9.59 Å². The lowest BCUT2D eigenvalue weighted by Crippen LogP contribution is -2.40. The molecule has 1 aliphatic heterocycles. The van der Waals surface area contributed by atoms with E-state index in [2.05, 4.69) is 0 Å². The summed E-state index contributed by atoms with van der Waals surface area (Å²) in [6.07, 6.45) is 1.36. The van der Waals surface area contributed by atoms with Crippen LogP contribution in [0.25, 0.3) is 0 Å². The monoisotopic (exact) mass is 359 g/mol. The van der Waals surface area contributed by atoms with Crippen LogP contribution in [0.4, 0.5) is 0 Å². The summed E-state index contributed by atoms with van der Waals surface area (Å²) in [6, 6.07) is 9.06. The van der Waals surface area contributed by atoms with Gasteiger partial charge in [0.05, 0.1) is 19.1 Å². The van der Waals surface area contributed by atoms with Gasteiger partial charge in [0.2, 0.25) is 0 Å². The first kappa shape index (κ1) is 17.5. The summed E-state index contributed by atoms with van der Waals surface area (Å²) in [5.74, 6) is 1.07. The van der Waals surface area contributed by atoms with Crippen LogP contribution in [0.1, 0.15) is 32.9 Å². The second kappa shape index (κ2) is 7.70. The van der Waals surface area contributed by atoms with Crippen LogP contribution in [-0.4, -0.2) is 43.9 Å². The molecule has 2 aromatic rings. The van der Waals surface area contributed by atoms with E-state index in [1.54, 1.807) is 23.1 Å². The van der Waals surface area contributed by atoms with Crippen molar-refractivity contribution in [2.75, 3.05) is 27.3 Å². The Labute approximate surface area is 151 Å². The molecule has 1 aliphatic rings. The van der Waals surface area contributed by atoms with E-state index in [0.29, 0.717) is 43.0 Å². The third-order valence-electron chi connectivity index (χ3n) is 4.56. The predicted molar refractivity (Wildman–Crippen MR) is 96.8 cm³/mol. The number of benzene rings is 1. The van der Waals surface area contributed by atoms with Crippen molar-refractivity contribution in [3.8, 4) is 11.5 Å². The number of piperidine rings is 1. The van der Waals surface area contributed by atoms with Crippen LogP contribution in [0.5, 0.6) is 11.5 Å². The number of carbonyl (C=O) groups is 2. The predicted octanol–water partition coefficient (Wildman–Crippen LogP) is 3.50. The minimum atomic E-state index is -0.115. The first-order valence-corrected chi connectivity index (χ1v) is 9.11. The van der Waals surface area contributed by atoms with Gasteiger partial charge in [-0.2, -0.15) is 0 Å². The molecule has 1 aromatic carbocycles. The molecule has 5 nitrogen and oxygen atoms in total. The maximum atomic E-state index is 12.9. The van der Waals surface area contributed by atoms with E-state index >= 15 is 0 Å². The minimum absolute atomic E-state index is 0.0118. The lowest BCUT2D eigenvalue weighted by Gasteiger charge is -2.31. The zero-order valence-corrected chi connectivity index (χ0v) is 15.2. The number of rotatable bonds is 5. The molecule has 0 saturated carbocycles. The molecule has 0 atom stereocenters. The van der Waals surface area contributed by atoms with Gasteiger partial charge in [0.1, 0.15) is 17.1 Å². The highest BCUT2D eigenvalue weighted by molar-refractivity contribution is 7.12. The average molecular weight is 359 g/mol. The minimum Gasteiger partial charge on any atom is -0.496 e. The van der Waals surface area contributed by atoms with Crippen molar-refractivity contribution in [3.63, 3.8) is 0 Å². The van der Waals surface area contributed by atoms with Crippen LogP contribution in [0.15, 0.2) is 35.7 Å². The van der Waals surface area contributed by atoms with Gasteiger partial charge in [0.15, 0.2) is 5.78 Å². The smallest absolute Gasteiger partial charge is 0.261 e. The third kappa shape index (κ3) is 3.54. The molecular weight excluding hydrogens is 338 g/mol. The van der Waals surface area contributed by atoms with Crippen molar-refractivity contribution in [1.29, 1.82) is 0 Å². The van der Waals surface area contributed by atoms with Gasteiger partial charge in [-0.05, 0) is 36.4 Å². The lowest BCUT2D eigenvalue weighted by atomic mass is 9.91. The van der Waals surface area contributed by atoms with Gasteiger partial charge < -0.3 is 14.4 Å². The van der Waals surface area contributed by atoms with E-state index in [0.717, 1.165) is 4.88 Å². The standard InChI is InChI=1S/C19H21NO4S/c1-23-14-5-3-6-15(24-2)17(14)19(22)20-10-8-13(9-11-20)18(21)16-7-4-12-25-16/h3-7,12-13H,8-11H2,1-2H3. The molecular formula is C19H21NO4S. The van der Waals surface area contributed by atoms with Gasteiger partial charge in [0, 0.05) is 19.0 Å². The number of hydrogen-bond acceptors (Lipinski definition) is 5. The molecule has 3 rings (SSSR count). The van der Waals surface area contributed by atoms with E-state index in [1.165, 1.54) is 25.6 Å². The van der Waals surface area contributed by atoms with E-state index in [4.69, 9.17) is 9.47 Å². The molecule has 25 heavy (non-hydrogen) atoms. The normalized spacial score (nSPS) is 15.0. The van der Waals surface area contributed by atoms with E-state index in [1.807, 2.05) is 17.5 Å². The molecule has 0 bridgehead atoms. The highest BCUT2D eigenvalue weighted by atomic mass is 32.1. The maximum absolute atomic E-state index is 12.9. The Hall–Kier alpha value is -2.34. The largest absolute Gasteiger partial charge is 0.496 e. The number of thiophene rings is 1. The zero-order chi connectivity index (χ0) is 17.8. The van der Waals surface area contributed by atoms with Crippen molar-refractivity contribution >= 4 is 23.0 Å². The summed E-state index contributed by atoms with van der Waals surface area (Å²) < 4.78 is 10.7. The Balaban J connectivity index is 1.71. The highest BCUT2D eigenvalue weighted by Gasteiger charge is 2.31. The first-order valence-electron chi connectivity index (χ1n) is 8.23. The second-order valence-corrected chi connectivity index (χ2v) is 6.89. The molecule has 0 N–H and O–H groups in total. The fourth-order valence-corrected chi connectivity index (χ4v) is 3.93. The number of Topliss-reactive ketones (excluding diaryl/α,β-unsaturated/α-hetero) is 1. The SMILES string of the molecule is COc1cccc(OC)c1C(=O)N1CCC(C(=O)c2cccs2)CC1. The fraction of sp³-hybridized carbons (Fsp3) is 0.368. The van der Waals surface area contributed by atoms with E-state index < -0.39 is 0 Å². The molecule has 0 aliphatic carbocycles. The molecule has 1 aromatic heterocycles. The van der Waals surface area contributed by atoms with Crippen molar-refractivity contribution in [2.45, 2.75) is 12.8 Å². The molecule has 0 radical (unpaired) electrons. The maximum Gasteiger partial charge on any atom is 0.261 e. The highest BCUT2D eigenvalue weighted by Crippen LogP contribution is 2.31. The summed E-state index contributed by atoms with van der Waals surface area (Å²) in [4.78, 5) is 28.0. The van der Waals surface area contributed by atoms with Gasteiger partial charge in [-0.1, -0.05) is 12.1 Å². The summed E-state index contributed by atoms with van der Waals surface area (Å²) in [6.45, 7) is 1.11.